The smallest absolute Gasteiger partial charge is 0.162 e. The van der Waals surface area contributed by atoms with Crippen LogP contribution in [0, 0.1) is 0 Å². The van der Waals surface area contributed by atoms with Crippen molar-refractivity contribution in [3.05, 3.63) is 36.7 Å². The molecule has 0 bridgehead atoms. The first-order chi connectivity index (χ1) is 4.59. The molecule has 0 aromatic heterocycles. The molecule has 1 nitrogen and oxygen atoms in total. The van der Waals surface area contributed by atoms with Crippen molar-refractivity contribution in [3.63, 3.8) is 0 Å². The van der Waals surface area contributed by atoms with E-state index in [1.807, 2.05) is 0 Å². The Balaban J connectivity index is 4.36. The van der Waals surface area contributed by atoms with Gasteiger partial charge in [0.15, 0.2) is 5.78 Å². The Bertz CT molecular complexity index is 201. The number of allylic oxidation sites excluding steroid dienone is 4. The Morgan fingerprint density at radius 2 is 2.10 bits per heavy atom. The largest absolute Gasteiger partial charge is 0.294 e. The third-order valence-corrected chi connectivity index (χ3v) is 0.977. The van der Waals surface area contributed by atoms with Crippen molar-refractivity contribution in [2.75, 3.05) is 0 Å². The zero-order chi connectivity index (χ0) is 8.15. The maximum atomic E-state index is 12.5. The van der Waals surface area contributed by atoms with E-state index in [4.69, 9.17) is 0 Å². The highest BCUT2D eigenvalue weighted by Crippen LogP contribution is 2.09. The molecular weight excluding hydrogens is 131 g/mol. The second-order valence-corrected chi connectivity index (χ2v) is 1.79. The minimum Gasteiger partial charge on any atom is -0.294 e. The Kier molecular flexibility index (Phi) is 3.33. The van der Waals surface area contributed by atoms with Crippen LogP contribution in [0.3, 0.4) is 0 Å². The summed E-state index contributed by atoms with van der Waals surface area (Å²) in [6, 6.07) is 0. The lowest BCUT2D eigenvalue weighted by Gasteiger charge is -1.93. The van der Waals surface area contributed by atoms with Crippen LogP contribution in [-0.4, -0.2) is 5.78 Å². The summed E-state index contributed by atoms with van der Waals surface area (Å²) in [5, 5.41) is 0. The van der Waals surface area contributed by atoms with Gasteiger partial charge in [-0.05, 0) is 13.0 Å². The van der Waals surface area contributed by atoms with Crippen LogP contribution in [0.4, 0.5) is 4.39 Å². The molecule has 0 rings (SSSR count). The summed E-state index contributed by atoms with van der Waals surface area (Å²) in [5.41, 5.74) is -0.111. The quantitative estimate of drug-likeness (QED) is 0.433. The lowest BCUT2D eigenvalue weighted by molar-refractivity contribution is -0.113. The van der Waals surface area contributed by atoms with E-state index in [0.717, 1.165) is 6.08 Å². The Morgan fingerprint density at radius 3 is 2.40 bits per heavy atom. The SMILES string of the molecule is C=CC=C(F)C(=C)C(C)=O. The summed E-state index contributed by atoms with van der Waals surface area (Å²) in [5.74, 6) is -0.988. The number of Topliss-reactive ketones (excluding diaryl/α,β-unsaturated/α-hetero) is 1. The summed E-state index contributed by atoms with van der Waals surface area (Å²) < 4.78 is 12.5. The number of carbonyl (C=O) groups is 1. The van der Waals surface area contributed by atoms with Crippen molar-refractivity contribution in [3.8, 4) is 0 Å². The monoisotopic (exact) mass is 140 g/mol. The highest BCUT2D eigenvalue weighted by molar-refractivity contribution is 5.96. The molecule has 0 N–H and O–H groups in total. The van der Waals surface area contributed by atoms with Gasteiger partial charge in [-0.15, -0.1) is 0 Å². The summed E-state index contributed by atoms with van der Waals surface area (Å²) in [4.78, 5) is 10.4. The molecule has 0 aliphatic carbocycles. The Morgan fingerprint density at radius 1 is 1.60 bits per heavy atom. The van der Waals surface area contributed by atoms with Crippen LogP contribution in [-0.2, 0) is 4.79 Å². The molecule has 0 saturated heterocycles. The van der Waals surface area contributed by atoms with Crippen molar-refractivity contribution in [1.82, 2.24) is 0 Å². The first-order valence-electron chi connectivity index (χ1n) is 2.78. The minimum atomic E-state index is -0.623. The van der Waals surface area contributed by atoms with E-state index < -0.39 is 5.83 Å². The molecule has 0 aromatic carbocycles. The van der Waals surface area contributed by atoms with Crippen molar-refractivity contribution in [2.24, 2.45) is 0 Å². The molecule has 0 spiro atoms. The van der Waals surface area contributed by atoms with Crippen LogP contribution in [0.25, 0.3) is 0 Å². The molecule has 0 amide bonds. The van der Waals surface area contributed by atoms with Crippen LogP contribution in [0.5, 0.6) is 0 Å². The molecule has 2 heteroatoms. The standard InChI is InChI=1S/C8H9FO/c1-4-5-8(9)6(2)7(3)10/h4-5H,1-2H2,3H3. The molecular formula is C8H9FO. The van der Waals surface area contributed by atoms with Crippen molar-refractivity contribution >= 4 is 5.78 Å². The van der Waals surface area contributed by atoms with Gasteiger partial charge < -0.3 is 0 Å². The second-order valence-electron chi connectivity index (χ2n) is 1.79. The lowest BCUT2D eigenvalue weighted by atomic mass is 10.2. The first-order valence-corrected chi connectivity index (χ1v) is 2.78. The van der Waals surface area contributed by atoms with Gasteiger partial charge in [0.05, 0.1) is 0 Å². The predicted molar refractivity (Wildman–Crippen MR) is 39.2 cm³/mol. The number of hydrogen-bond donors (Lipinski definition) is 0. The average molecular weight is 140 g/mol. The van der Waals surface area contributed by atoms with Crippen molar-refractivity contribution < 1.29 is 9.18 Å². The third-order valence-electron chi connectivity index (χ3n) is 0.977. The molecule has 0 aromatic rings. The fraction of sp³-hybridized carbons (Fsp3) is 0.125. The van der Waals surface area contributed by atoms with Gasteiger partial charge in [-0.3, -0.25) is 4.79 Å². The van der Waals surface area contributed by atoms with Gasteiger partial charge in [0, 0.05) is 5.57 Å². The summed E-state index contributed by atoms with van der Waals surface area (Å²) in [7, 11) is 0. The number of hydrogen-bond acceptors (Lipinski definition) is 1. The van der Waals surface area contributed by atoms with Gasteiger partial charge in [0.1, 0.15) is 5.83 Å². The zero-order valence-corrected chi connectivity index (χ0v) is 5.86. The van der Waals surface area contributed by atoms with Crippen LogP contribution in [0.15, 0.2) is 36.7 Å². The molecule has 10 heavy (non-hydrogen) atoms. The number of rotatable bonds is 3. The average Bonchev–Trinajstić information content (AvgIpc) is 1.87. The maximum Gasteiger partial charge on any atom is 0.162 e. The van der Waals surface area contributed by atoms with Gasteiger partial charge in [-0.1, -0.05) is 19.2 Å². The van der Waals surface area contributed by atoms with E-state index >= 15 is 0 Å². The minimum absolute atomic E-state index is 0.111. The molecule has 0 aliphatic rings. The molecule has 0 atom stereocenters. The van der Waals surface area contributed by atoms with Crippen molar-refractivity contribution in [1.29, 1.82) is 0 Å². The summed E-state index contributed by atoms with van der Waals surface area (Å²) in [6.07, 6.45) is 2.37. The summed E-state index contributed by atoms with van der Waals surface area (Å²) >= 11 is 0. The van der Waals surface area contributed by atoms with E-state index in [1.54, 1.807) is 0 Å². The Labute approximate surface area is 59.6 Å². The molecule has 0 unspecified atom stereocenters. The number of ketones is 1. The van der Waals surface area contributed by atoms with Gasteiger partial charge in [0.2, 0.25) is 0 Å². The zero-order valence-electron chi connectivity index (χ0n) is 5.86. The van der Waals surface area contributed by atoms with Gasteiger partial charge in [-0.2, -0.15) is 0 Å². The molecule has 0 fully saturated rings. The highest BCUT2D eigenvalue weighted by Gasteiger charge is 2.04. The molecule has 0 saturated carbocycles. The fourth-order valence-corrected chi connectivity index (χ4v) is 0.372. The normalized spacial score (nSPS) is 10.8. The number of halogens is 1. The van der Waals surface area contributed by atoms with E-state index in [0.29, 0.717) is 0 Å². The molecule has 54 valence electrons. The van der Waals surface area contributed by atoms with Crippen LogP contribution in [0.2, 0.25) is 0 Å². The second kappa shape index (κ2) is 3.77. The van der Waals surface area contributed by atoms with E-state index in [9.17, 15) is 9.18 Å². The maximum absolute atomic E-state index is 12.5. The van der Waals surface area contributed by atoms with E-state index in [2.05, 4.69) is 13.2 Å². The van der Waals surface area contributed by atoms with Crippen LogP contribution >= 0.6 is 0 Å². The van der Waals surface area contributed by atoms with Gasteiger partial charge in [-0.25, -0.2) is 4.39 Å². The van der Waals surface area contributed by atoms with Gasteiger partial charge >= 0.3 is 0 Å². The van der Waals surface area contributed by atoms with Crippen LogP contribution < -0.4 is 0 Å². The number of carbonyl (C=O) groups excluding carboxylic acids is 1. The Hall–Kier alpha value is -1.18. The molecule has 0 aliphatic heterocycles. The fourth-order valence-electron chi connectivity index (χ4n) is 0.372. The predicted octanol–water partition coefficient (Wildman–Crippen LogP) is 2.17. The topological polar surface area (TPSA) is 17.1 Å². The molecule has 0 radical (unpaired) electrons. The van der Waals surface area contributed by atoms with E-state index in [1.165, 1.54) is 13.0 Å². The molecule has 0 heterocycles. The van der Waals surface area contributed by atoms with E-state index in [-0.39, 0.29) is 11.4 Å². The summed E-state index contributed by atoms with van der Waals surface area (Å²) in [6.45, 7) is 7.77. The van der Waals surface area contributed by atoms with Crippen molar-refractivity contribution in [2.45, 2.75) is 6.92 Å². The van der Waals surface area contributed by atoms with Gasteiger partial charge in [0.25, 0.3) is 0 Å². The third kappa shape index (κ3) is 2.40. The lowest BCUT2D eigenvalue weighted by Crippen LogP contribution is -1.94. The van der Waals surface area contributed by atoms with Crippen LogP contribution in [0.1, 0.15) is 6.92 Å². The highest BCUT2D eigenvalue weighted by atomic mass is 19.1. The first kappa shape index (κ1) is 8.82.